The molecular formula is C23H22Cl2S. The minimum Gasteiger partial charge on any atom is -0.148 e. The molecule has 26 heavy (non-hydrogen) atoms. The van der Waals surface area contributed by atoms with Crippen molar-refractivity contribution in [2.75, 3.05) is 0 Å². The van der Waals surface area contributed by atoms with E-state index >= 15 is 0 Å². The lowest BCUT2D eigenvalue weighted by atomic mass is 9.73. The van der Waals surface area contributed by atoms with Crippen LogP contribution in [0.15, 0.2) is 53.9 Å². The predicted molar refractivity (Wildman–Crippen MR) is 115 cm³/mol. The molecule has 0 N–H and O–H groups in total. The zero-order valence-corrected chi connectivity index (χ0v) is 17.2. The van der Waals surface area contributed by atoms with Crippen LogP contribution in [-0.4, -0.2) is 0 Å². The van der Waals surface area contributed by atoms with Gasteiger partial charge in [0.25, 0.3) is 0 Å². The van der Waals surface area contributed by atoms with Crippen molar-refractivity contribution < 1.29 is 0 Å². The van der Waals surface area contributed by atoms with E-state index in [0.717, 1.165) is 16.5 Å². The highest BCUT2D eigenvalue weighted by molar-refractivity contribution is 7.10. The van der Waals surface area contributed by atoms with Crippen LogP contribution in [0.2, 0.25) is 10.0 Å². The van der Waals surface area contributed by atoms with Crippen LogP contribution in [-0.2, 0) is 5.41 Å². The first-order valence-electron chi connectivity index (χ1n) is 9.31. The lowest BCUT2D eigenvalue weighted by molar-refractivity contribution is 0.522. The first-order valence-corrected chi connectivity index (χ1v) is 10.9. The van der Waals surface area contributed by atoms with Gasteiger partial charge < -0.3 is 0 Å². The normalized spacial score (nSPS) is 14.3. The fourth-order valence-electron chi connectivity index (χ4n) is 4.35. The molecular weight excluding hydrogens is 379 g/mol. The van der Waals surface area contributed by atoms with E-state index in [9.17, 15) is 0 Å². The highest BCUT2D eigenvalue weighted by atomic mass is 35.5. The fourth-order valence-corrected chi connectivity index (χ4v) is 5.68. The Labute approximate surface area is 169 Å². The molecule has 0 fully saturated rings. The van der Waals surface area contributed by atoms with Gasteiger partial charge in [0.15, 0.2) is 0 Å². The van der Waals surface area contributed by atoms with Gasteiger partial charge >= 0.3 is 0 Å². The van der Waals surface area contributed by atoms with Gasteiger partial charge in [0.2, 0.25) is 0 Å². The Balaban J connectivity index is 1.94. The smallest absolute Gasteiger partial charge is 0.0558 e. The molecule has 0 saturated heterocycles. The van der Waals surface area contributed by atoms with Gasteiger partial charge in [-0.25, -0.2) is 0 Å². The largest absolute Gasteiger partial charge is 0.148 e. The summed E-state index contributed by atoms with van der Waals surface area (Å²) in [6.45, 7) is 2.26. The molecule has 0 aliphatic heterocycles. The predicted octanol–water partition coefficient (Wildman–Crippen LogP) is 8.34. The van der Waals surface area contributed by atoms with E-state index in [1.165, 1.54) is 52.8 Å². The van der Waals surface area contributed by atoms with Crippen molar-refractivity contribution in [2.45, 2.75) is 44.4 Å². The second kappa shape index (κ2) is 7.38. The van der Waals surface area contributed by atoms with Crippen LogP contribution < -0.4 is 0 Å². The zero-order valence-electron chi connectivity index (χ0n) is 14.9. The Bertz CT molecular complexity index is 860. The number of benzene rings is 2. The van der Waals surface area contributed by atoms with Crippen LogP contribution in [0.3, 0.4) is 0 Å². The van der Waals surface area contributed by atoms with Crippen LogP contribution in [0.4, 0.5) is 0 Å². The molecule has 4 rings (SSSR count). The molecule has 1 aromatic heterocycles. The molecule has 2 aromatic carbocycles. The Morgan fingerprint density at radius 3 is 2.04 bits per heavy atom. The van der Waals surface area contributed by atoms with Crippen LogP contribution >= 0.6 is 34.5 Å². The summed E-state index contributed by atoms with van der Waals surface area (Å²) < 4.78 is 0. The van der Waals surface area contributed by atoms with Crippen molar-refractivity contribution in [3.8, 4) is 11.1 Å². The molecule has 1 aliphatic carbocycles. The molecule has 0 amide bonds. The molecule has 0 unspecified atom stereocenters. The van der Waals surface area contributed by atoms with Crippen molar-refractivity contribution in [3.63, 3.8) is 0 Å². The Kier molecular flexibility index (Phi) is 5.14. The summed E-state index contributed by atoms with van der Waals surface area (Å²) in [5.74, 6) is 0. The van der Waals surface area contributed by atoms with Crippen LogP contribution in [0.25, 0.3) is 11.1 Å². The summed E-state index contributed by atoms with van der Waals surface area (Å²) in [5.41, 5.74) is 5.12. The summed E-state index contributed by atoms with van der Waals surface area (Å²) in [6, 6.07) is 17.1. The molecule has 3 heteroatoms. The molecule has 1 aliphatic rings. The van der Waals surface area contributed by atoms with E-state index in [1.807, 2.05) is 23.5 Å². The summed E-state index contributed by atoms with van der Waals surface area (Å²) in [7, 11) is 0. The SMILES string of the molecule is CCCCCCC1(c2cccs2)c2cc(Cl)ccc2-c2ccc(Cl)cc21. The van der Waals surface area contributed by atoms with Crippen molar-refractivity contribution in [1.82, 2.24) is 0 Å². The number of halogens is 2. The average molecular weight is 401 g/mol. The molecule has 0 saturated carbocycles. The number of fused-ring (bicyclic) bond motifs is 3. The van der Waals surface area contributed by atoms with E-state index in [2.05, 4.69) is 48.7 Å². The summed E-state index contributed by atoms with van der Waals surface area (Å²) in [5, 5.41) is 3.78. The Morgan fingerprint density at radius 2 is 1.50 bits per heavy atom. The fraction of sp³-hybridized carbons (Fsp3) is 0.304. The van der Waals surface area contributed by atoms with E-state index in [0.29, 0.717) is 0 Å². The second-order valence-corrected chi connectivity index (χ2v) is 8.89. The molecule has 0 atom stereocenters. The van der Waals surface area contributed by atoms with Gasteiger partial charge in [0.1, 0.15) is 0 Å². The topological polar surface area (TPSA) is 0 Å². The van der Waals surface area contributed by atoms with Crippen molar-refractivity contribution in [2.24, 2.45) is 0 Å². The average Bonchev–Trinajstić information content (AvgIpc) is 3.25. The third-order valence-corrected chi connectivity index (χ3v) is 7.02. The summed E-state index contributed by atoms with van der Waals surface area (Å²) in [4.78, 5) is 1.39. The van der Waals surface area contributed by atoms with Crippen molar-refractivity contribution in [3.05, 3.63) is 80.0 Å². The quantitative estimate of drug-likeness (QED) is 0.364. The first kappa shape index (κ1) is 18.1. The molecule has 0 bridgehead atoms. The van der Waals surface area contributed by atoms with Gasteiger partial charge in [-0.3, -0.25) is 0 Å². The van der Waals surface area contributed by atoms with Gasteiger partial charge in [-0.1, -0.05) is 74.0 Å². The number of hydrogen-bond acceptors (Lipinski definition) is 1. The van der Waals surface area contributed by atoms with E-state index in [1.54, 1.807) is 0 Å². The summed E-state index contributed by atoms with van der Waals surface area (Å²) in [6.07, 6.45) is 6.08. The molecule has 3 aromatic rings. The lowest BCUT2D eigenvalue weighted by Gasteiger charge is -2.32. The van der Waals surface area contributed by atoms with Crippen LogP contribution in [0, 0.1) is 0 Å². The van der Waals surface area contributed by atoms with Crippen molar-refractivity contribution in [1.29, 1.82) is 0 Å². The molecule has 0 radical (unpaired) electrons. The maximum absolute atomic E-state index is 6.45. The third-order valence-electron chi connectivity index (χ3n) is 5.52. The van der Waals surface area contributed by atoms with Gasteiger partial charge in [-0.2, -0.15) is 0 Å². The highest BCUT2D eigenvalue weighted by Crippen LogP contribution is 2.57. The molecule has 1 heterocycles. The third kappa shape index (κ3) is 2.91. The van der Waals surface area contributed by atoms with Gasteiger partial charge in [-0.05, 0) is 64.4 Å². The molecule has 0 nitrogen and oxygen atoms in total. The van der Waals surface area contributed by atoms with Gasteiger partial charge in [0, 0.05) is 14.9 Å². The van der Waals surface area contributed by atoms with Gasteiger partial charge in [0.05, 0.1) is 5.41 Å². The van der Waals surface area contributed by atoms with Crippen LogP contribution in [0.5, 0.6) is 0 Å². The van der Waals surface area contributed by atoms with E-state index < -0.39 is 0 Å². The monoisotopic (exact) mass is 400 g/mol. The minimum atomic E-state index is -0.137. The maximum Gasteiger partial charge on any atom is 0.0558 e. The standard InChI is InChI=1S/C23H22Cl2S/c1-2-3-4-5-12-23(22-7-6-13-26-22)20-14-16(24)8-10-18(20)19-11-9-17(25)15-21(19)23/h6-11,13-15H,2-5,12H2,1H3. The maximum atomic E-state index is 6.45. The highest BCUT2D eigenvalue weighted by Gasteiger charge is 2.45. The Hall–Kier alpha value is -1.28. The molecule has 134 valence electrons. The number of hydrogen-bond donors (Lipinski definition) is 0. The lowest BCUT2D eigenvalue weighted by Crippen LogP contribution is -2.26. The minimum absolute atomic E-state index is 0.137. The van der Waals surface area contributed by atoms with E-state index in [-0.39, 0.29) is 5.41 Å². The van der Waals surface area contributed by atoms with E-state index in [4.69, 9.17) is 23.2 Å². The summed E-state index contributed by atoms with van der Waals surface area (Å²) >= 11 is 14.7. The number of unbranched alkanes of at least 4 members (excludes halogenated alkanes) is 3. The van der Waals surface area contributed by atoms with Gasteiger partial charge in [-0.15, -0.1) is 11.3 Å². The molecule has 0 spiro atoms. The first-order chi connectivity index (χ1) is 12.7. The van der Waals surface area contributed by atoms with Crippen LogP contribution in [0.1, 0.15) is 55.0 Å². The second-order valence-electron chi connectivity index (χ2n) is 7.07. The number of rotatable bonds is 6. The van der Waals surface area contributed by atoms with Crippen molar-refractivity contribution >= 4 is 34.5 Å². The zero-order chi connectivity index (χ0) is 18.1. The Morgan fingerprint density at radius 1 is 0.846 bits per heavy atom. The number of thiophene rings is 1.